The van der Waals surface area contributed by atoms with Crippen molar-refractivity contribution in [2.24, 2.45) is 23.2 Å². The molecule has 0 saturated heterocycles. The molecule has 5 heteroatoms. The van der Waals surface area contributed by atoms with Gasteiger partial charge >= 0.3 is 0 Å². The van der Waals surface area contributed by atoms with Crippen LogP contribution in [0.2, 0.25) is 36.3 Å². The van der Waals surface area contributed by atoms with Gasteiger partial charge in [-0.3, -0.25) is 0 Å². The van der Waals surface area contributed by atoms with Crippen LogP contribution in [0.3, 0.4) is 0 Å². The maximum atomic E-state index is 9.92. The topological polar surface area (TPSA) is 38.7 Å². The van der Waals surface area contributed by atoms with E-state index in [2.05, 4.69) is 100 Å². The van der Waals surface area contributed by atoms with Crippen LogP contribution in [0.4, 0.5) is 0 Å². The minimum absolute atomic E-state index is 0.0250. The quantitative estimate of drug-likeness (QED) is 0.243. The van der Waals surface area contributed by atoms with Crippen LogP contribution in [-0.2, 0) is 8.85 Å². The zero-order chi connectivity index (χ0) is 29.6. The number of hydrogen-bond acceptors (Lipinski definition) is 3. The Kier molecular flexibility index (Phi) is 9.88. The first-order valence-electron chi connectivity index (χ1n) is 15.8. The van der Waals surface area contributed by atoms with Gasteiger partial charge in [0.2, 0.25) is 0 Å². The molecule has 39 heavy (non-hydrogen) atoms. The first-order valence-corrected chi connectivity index (χ1v) is 21.6. The lowest BCUT2D eigenvalue weighted by Gasteiger charge is -2.46. The van der Waals surface area contributed by atoms with Gasteiger partial charge in [0.15, 0.2) is 16.6 Å². The lowest BCUT2D eigenvalue weighted by atomic mass is 9.61. The fourth-order valence-electron chi connectivity index (χ4n) is 7.03. The normalized spacial score (nSPS) is 34.0. The summed E-state index contributed by atoms with van der Waals surface area (Å²) in [6.45, 7) is 33.0. The van der Waals surface area contributed by atoms with Gasteiger partial charge in [0.25, 0.3) is 0 Å². The molecule has 1 N–H and O–H groups in total. The van der Waals surface area contributed by atoms with E-state index in [0.717, 1.165) is 18.4 Å². The van der Waals surface area contributed by atoms with Crippen molar-refractivity contribution in [3.05, 3.63) is 35.5 Å². The van der Waals surface area contributed by atoms with Crippen molar-refractivity contribution < 1.29 is 14.0 Å². The third-order valence-corrected chi connectivity index (χ3v) is 20.7. The first-order chi connectivity index (χ1) is 17.7. The predicted octanol–water partition coefficient (Wildman–Crippen LogP) is 9.81. The number of aliphatic hydroxyl groups excluding tert-OH is 1. The molecule has 0 radical (unpaired) electrons. The van der Waals surface area contributed by atoms with Crippen LogP contribution in [0.15, 0.2) is 35.5 Å². The van der Waals surface area contributed by atoms with Crippen molar-refractivity contribution in [3.63, 3.8) is 0 Å². The molecule has 3 nitrogen and oxygen atoms in total. The van der Waals surface area contributed by atoms with Gasteiger partial charge in [-0.2, -0.15) is 0 Å². The summed E-state index contributed by atoms with van der Waals surface area (Å²) in [7, 11) is -3.92. The number of hydrogen-bond donors (Lipinski definition) is 1. The smallest absolute Gasteiger partial charge is 0.192 e. The van der Waals surface area contributed by atoms with E-state index in [9.17, 15) is 5.11 Å². The van der Waals surface area contributed by atoms with Crippen molar-refractivity contribution in [2.75, 3.05) is 6.61 Å². The van der Waals surface area contributed by atoms with Gasteiger partial charge in [-0.25, -0.2) is 0 Å². The third kappa shape index (κ3) is 6.96. The van der Waals surface area contributed by atoms with Crippen molar-refractivity contribution >= 4 is 16.6 Å². The van der Waals surface area contributed by atoms with Gasteiger partial charge in [0.05, 0.1) is 12.2 Å². The van der Waals surface area contributed by atoms with Crippen molar-refractivity contribution in [1.29, 1.82) is 0 Å². The number of aliphatic hydroxyl groups is 1. The molecule has 0 aromatic heterocycles. The highest BCUT2D eigenvalue weighted by molar-refractivity contribution is 6.74. The van der Waals surface area contributed by atoms with Crippen LogP contribution in [0.25, 0.3) is 0 Å². The van der Waals surface area contributed by atoms with Gasteiger partial charge in [-0.05, 0) is 110 Å². The molecule has 0 amide bonds. The van der Waals surface area contributed by atoms with E-state index in [1.165, 1.54) is 37.7 Å². The highest BCUT2D eigenvalue weighted by Gasteiger charge is 2.50. The third-order valence-electron chi connectivity index (χ3n) is 11.8. The van der Waals surface area contributed by atoms with Crippen molar-refractivity contribution in [3.8, 4) is 0 Å². The second-order valence-corrected chi connectivity index (χ2v) is 26.1. The summed E-state index contributed by atoms with van der Waals surface area (Å²) in [4.78, 5) is 0. The molecule has 6 atom stereocenters. The van der Waals surface area contributed by atoms with Crippen LogP contribution < -0.4 is 0 Å². The standard InChI is InChI=1S/C34H62O3Si2/c1-24(23-35)28-18-19-29-27(15-14-20-34(28,29)9)17-16-26-21-30(36-38(10,11)32(3,4)5)25(2)31(22-26)37-39(12,13)33(6,7)8/h16-17,24,28-31,35H,2,14-15,18-23H2,1,3-13H3/b26-16?,27-17+/t24-,28?,29?,30-,31+,34-/m1/s1. The molecule has 224 valence electrons. The molecule has 3 aliphatic rings. The van der Waals surface area contributed by atoms with Crippen LogP contribution in [0.1, 0.15) is 100 Å². The maximum Gasteiger partial charge on any atom is 0.192 e. The Bertz CT molecular complexity index is 906. The molecule has 0 aromatic carbocycles. The van der Waals surface area contributed by atoms with Crippen molar-refractivity contribution in [2.45, 2.75) is 149 Å². The molecule has 3 rings (SSSR count). The summed E-state index contributed by atoms with van der Waals surface area (Å²) in [5, 5.41) is 10.2. The lowest BCUT2D eigenvalue weighted by molar-refractivity contribution is 0.0690. The molecule has 0 aromatic rings. The predicted molar refractivity (Wildman–Crippen MR) is 173 cm³/mol. The summed E-state index contributed by atoms with van der Waals surface area (Å²) < 4.78 is 14.1. The Morgan fingerprint density at radius 3 is 1.92 bits per heavy atom. The van der Waals surface area contributed by atoms with Crippen LogP contribution in [0.5, 0.6) is 0 Å². The minimum atomic E-state index is -1.96. The summed E-state index contributed by atoms with van der Waals surface area (Å²) in [6, 6.07) is 0. The highest BCUT2D eigenvalue weighted by atomic mass is 28.4. The van der Waals surface area contributed by atoms with Gasteiger partial charge in [-0.1, -0.05) is 85.3 Å². The monoisotopic (exact) mass is 574 g/mol. The molecule has 3 fully saturated rings. The Labute approximate surface area is 244 Å². The Hall–Kier alpha value is -0.466. The Morgan fingerprint density at radius 2 is 1.46 bits per heavy atom. The van der Waals surface area contributed by atoms with E-state index < -0.39 is 16.6 Å². The van der Waals surface area contributed by atoms with Gasteiger partial charge in [0, 0.05) is 6.61 Å². The minimum Gasteiger partial charge on any atom is -0.410 e. The summed E-state index contributed by atoms with van der Waals surface area (Å²) >= 11 is 0. The summed E-state index contributed by atoms with van der Waals surface area (Å²) in [6.07, 6.45) is 13.1. The van der Waals surface area contributed by atoms with E-state index in [0.29, 0.717) is 29.8 Å². The van der Waals surface area contributed by atoms with E-state index in [-0.39, 0.29) is 22.3 Å². The maximum absolute atomic E-state index is 9.92. The highest BCUT2D eigenvalue weighted by Crippen LogP contribution is 2.59. The molecule has 0 heterocycles. The van der Waals surface area contributed by atoms with Crippen LogP contribution >= 0.6 is 0 Å². The average Bonchev–Trinajstić information content (AvgIpc) is 3.15. The molecular weight excluding hydrogens is 513 g/mol. The fraction of sp³-hybridized carbons (Fsp3) is 0.824. The van der Waals surface area contributed by atoms with E-state index >= 15 is 0 Å². The van der Waals surface area contributed by atoms with Crippen molar-refractivity contribution in [1.82, 2.24) is 0 Å². The SMILES string of the molecule is C=C1[C@@H](O[Si](C)(C)C(C)(C)C)CC(=C/C=C2\CCC[C@@]3(C)C2CCC3[C@H](C)CO)C[C@H]1O[Si](C)(C)C(C)(C)C. The zero-order valence-electron chi connectivity index (χ0n) is 27.7. The number of fused-ring (bicyclic) bond motifs is 1. The van der Waals surface area contributed by atoms with Gasteiger partial charge in [-0.15, -0.1) is 0 Å². The van der Waals surface area contributed by atoms with Gasteiger partial charge in [0.1, 0.15) is 0 Å². The first kappa shape index (κ1) is 33.0. The van der Waals surface area contributed by atoms with Crippen LogP contribution in [0, 0.1) is 23.2 Å². The largest absolute Gasteiger partial charge is 0.410 e. The molecule has 0 spiro atoms. The van der Waals surface area contributed by atoms with E-state index in [1.54, 1.807) is 5.57 Å². The molecule has 3 saturated carbocycles. The number of rotatable bonds is 7. The molecule has 0 bridgehead atoms. The molecule has 2 unspecified atom stereocenters. The van der Waals surface area contributed by atoms with Crippen LogP contribution in [-0.4, -0.2) is 40.6 Å². The van der Waals surface area contributed by atoms with Gasteiger partial charge < -0.3 is 14.0 Å². The second-order valence-electron chi connectivity index (χ2n) is 16.5. The van der Waals surface area contributed by atoms with E-state index in [1.807, 2.05) is 0 Å². The van der Waals surface area contributed by atoms with E-state index in [4.69, 9.17) is 8.85 Å². The fourth-order valence-corrected chi connectivity index (χ4v) is 9.63. The number of allylic oxidation sites excluding steroid dienone is 3. The second kappa shape index (κ2) is 11.7. The Balaban J connectivity index is 1.92. The molecule has 3 aliphatic carbocycles. The molecule has 0 aliphatic heterocycles. The summed E-state index contributed by atoms with van der Waals surface area (Å²) in [5.74, 6) is 1.68. The lowest BCUT2D eigenvalue weighted by Crippen LogP contribution is -2.49. The molecular formula is C34H62O3Si2. The summed E-state index contributed by atoms with van der Waals surface area (Å²) in [5.41, 5.74) is 4.56. The Morgan fingerprint density at radius 1 is 0.949 bits per heavy atom. The zero-order valence-corrected chi connectivity index (χ0v) is 29.7. The average molecular weight is 575 g/mol.